The number of likely N-dealkylation sites (tertiary alicyclic amines) is 1. The van der Waals surface area contributed by atoms with E-state index in [2.05, 4.69) is 0 Å². The molecule has 16 heteroatoms. The third-order valence-electron chi connectivity index (χ3n) is 8.79. The van der Waals surface area contributed by atoms with Gasteiger partial charge in [0.15, 0.2) is 9.84 Å². The number of fused-ring (bicyclic) bond motifs is 3. The number of carbonyl (C=O) groups is 1. The average molecular weight is 658 g/mol. The number of hydrogen-bond acceptors (Lipinski definition) is 5. The summed E-state index contributed by atoms with van der Waals surface area (Å²) >= 11 is 0. The van der Waals surface area contributed by atoms with Crippen molar-refractivity contribution in [1.82, 2.24) is 4.90 Å². The second-order valence-electron chi connectivity index (χ2n) is 11.1. The molecule has 3 heterocycles. The summed E-state index contributed by atoms with van der Waals surface area (Å²) in [6, 6.07) is 4.12. The van der Waals surface area contributed by atoms with E-state index in [1.807, 2.05) is 0 Å². The number of likely N-dealkylation sites (N-methyl/N-ethyl adjacent to an activating group) is 1. The average Bonchev–Trinajstić information content (AvgIpc) is 3.32. The maximum atomic E-state index is 15.0. The molecule has 1 amide bonds. The van der Waals surface area contributed by atoms with Gasteiger partial charge in [0, 0.05) is 48.8 Å². The molecule has 2 fully saturated rings. The zero-order valence-corrected chi connectivity index (χ0v) is 24.2. The van der Waals surface area contributed by atoms with E-state index in [1.165, 1.54) is 16.8 Å². The van der Waals surface area contributed by atoms with Crippen LogP contribution in [-0.2, 0) is 35.7 Å². The number of alkyl halides is 7. The molecule has 1 N–H and O–H groups in total. The van der Waals surface area contributed by atoms with Gasteiger partial charge in [-0.2, -0.15) is 26.3 Å². The Balaban J connectivity index is 1.70. The van der Waals surface area contributed by atoms with E-state index in [4.69, 9.17) is 4.78 Å². The van der Waals surface area contributed by atoms with Crippen molar-refractivity contribution in [2.45, 2.75) is 53.0 Å². The van der Waals surface area contributed by atoms with Gasteiger partial charge in [0.2, 0.25) is 5.91 Å². The molecule has 6 nitrogen and oxygen atoms in total. The fraction of sp³-hybridized carbons (Fsp3) is 0.519. The third-order valence-corrected chi connectivity index (χ3v) is 12.8. The Morgan fingerprint density at radius 1 is 0.977 bits per heavy atom. The van der Waals surface area contributed by atoms with Crippen LogP contribution >= 0.6 is 0 Å². The first-order valence-corrected chi connectivity index (χ1v) is 16.3. The van der Waals surface area contributed by atoms with Crippen molar-refractivity contribution in [2.24, 2.45) is 5.92 Å². The highest BCUT2D eigenvalue weighted by molar-refractivity contribution is 7.92. The first-order chi connectivity index (χ1) is 19.9. The Hall–Kier alpha value is -2.75. The molecule has 5 rings (SSSR count). The quantitative estimate of drug-likeness (QED) is 0.342. The zero-order chi connectivity index (χ0) is 31.8. The number of rotatable bonds is 4. The molecule has 2 aromatic rings. The second kappa shape index (κ2) is 10.4. The van der Waals surface area contributed by atoms with Crippen LogP contribution < -0.4 is 4.90 Å². The van der Waals surface area contributed by atoms with Crippen LogP contribution in [0, 0.1) is 16.5 Å². The number of nitrogens with one attached hydrogen (secondary N) is 1. The summed E-state index contributed by atoms with van der Waals surface area (Å²) in [6.07, 6.45) is -12.1. The zero-order valence-electron chi connectivity index (χ0n) is 22.6. The van der Waals surface area contributed by atoms with Crippen molar-refractivity contribution in [3.05, 3.63) is 59.4 Å². The summed E-state index contributed by atoms with van der Waals surface area (Å²) in [5, 5.41) is 0. The van der Waals surface area contributed by atoms with Gasteiger partial charge in [-0.25, -0.2) is 17.2 Å². The molecule has 0 aromatic heterocycles. The van der Waals surface area contributed by atoms with Gasteiger partial charge in [-0.15, -0.1) is 10.7 Å². The lowest BCUT2D eigenvalue weighted by atomic mass is 9.82. The highest BCUT2D eigenvalue weighted by atomic mass is 32.2. The Labute approximate surface area is 244 Å². The molecule has 2 aromatic carbocycles. The minimum absolute atomic E-state index is 0.0831. The van der Waals surface area contributed by atoms with Gasteiger partial charge in [0.05, 0.1) is 10.9 Å². The normalized spacial score (nSPS) is 26.7. The number of benzene rings is 2. The number of halogens is 8. The van der Waals surface area contributed by atoms with Gasteiger partial charge in [-0.3, -0.25) is 9.57 Å². The molecule has 0 radical (unpaired) electrons. The molecule has 2 atom stereocenters. The van der Waals surface area contributed by atoms with E-state index in [-0.39, 0.29) is 41.6 Å². The maximum Gasteiger partial charge on any atom is 0.435 e. The van der Waals surface area contributed by atoms with Gasteiger partial charge in [0.25, 0.3) is 0 Å². The molecule has 3 aliphatic heterocycles. The number of anilines is 1. The molecule has 0 saturated carbocycles. The van der Waals surface area contributed by atoms with Crippen molar-refractivity contribution < 1.29 is 48.3 Å². The number of hydrogen-bond donors (Lipinski definition) is 1. The van der Waals surface area contributed by atoms with Crippen molar-refractivity contribution in [2.75, 3.05) is 36.5 Å². The highest BCUT2D eigenvalue weighted by Crippen LogP contribution is 2.57. The molecule has 0 spiro atoms. The predicted octanol–water partition coefficient (Wildman–Crippen LogP) is 5.63. The number of amides is 1. The monoisotopic (exact) mass is 657 g/mol. The highest BCUT2D eigenvalue weighted by Gasteiger charge is 2.74. The van der Waals surface area contributed by atoms with E-state index in [1.54, 1.807) is 0 Å². The lowest BCUT2D eigenvalue weighted by molar-refractivity contribution is -0.348. The fourth-order valence-electron chi connectivity index (χ4n) is 6.53. The first kappa shape index (κ1) is 31.7. The molecule has 0 aliphatic carbocycles. The Kier molecular flexibility index (Phi) is 7.67. The second-order valence-corrected chi connectivity index (χ2v) is 15.1. The van der Waals surface area contributed by atoms with Crippen LogP contribution in [0.4, 0.5) is 40.8 Å². The van der Waals surface area contributed by atoms with E-state index in [0.717, 1.165) is 30.3 Å². The van der Waals surface area contributed by atoms with E-state index < -0.39 is 66.6 Å². The van der Waals surface area contributed by atoms with Crippen LogP contribution in [0.5, 0.6) is 0 Å². The van der Waals surface area contributed by atoms with Gasteiger partial charge in [-0.1, -0.05) is 12.1 Å². The maximum absolute atomic E-state index is 15.0. The van der Waals surface area contributed by atoms with Crippen LogP contribution in [0.3, 0.4) is 0 Å². The van der Waals surface area contributed by atoms with Gasteiger partial charge in [0.1, 0.15) is 10.6 Å². The third kappa shape index (κ3) is 4.73. The van der Waals surface area contributed by atoms with Crippen molar-refractivity contribution >= 4 is 32.1 Å². The van der Waals surface area contributed by atoms with Crippen molar-refractivity contribution in [1.29, 1.82) is 4.78 Å². The van der Waals surface area contributed by atoms with Crippen LogP contribution in [0.1, 0.15) is 30.4 Å². The van der Waals surface area contributed by atoms with E-state index in [9.17, 15) is 43.9 Å². The van der Waals surface area contributed by atoms with Crippen LogP contribution in [-0.4, -0.2) is 69.3 Å². The van der Waals surface area contributed by atoms with Gasteiger partial charge >= 0.3 is 18.0 Å². The number of carbonyl (C=O) groups excluding carboxylic acids is 1. The minimum atomic E-state index is -6.37. The lowest BCUT2D eigenvalue weighted by Crippen LogP contribution is -2.58. The molecular weight excluding hydrogens is 630 g/mol. The number of nitrogens with zero attached hydrogens (tertiary/aromatic N) is 2. The summed E-state index contributed by atoms with van der Waals surface area (Å²) < 4.78 is 145. The molecular formula is C27H27F8N3O3S2. The lowest BCUT2D eigenvalue weighted by Gasteiger charge is -2.47. The van der Waals surface area contributed by atoms with E-state index in [0.29, 0.717) is 36.5 Å². The van der Waals surface area contributed by atoms with E-state index >= 15 is 4.39 Å². The molecule has 2 saturated heterocycles. The van der Waals surface area contributed by atoms with Crippen LogP contribution in [0.2, 0.25) is 0 Å². The summed E-state index contributed by atoms with van der Waals surface area (Å²) in [7, 11) is -3.86. The van der Waals surface area contributed by atoms with Crippen molar-refractivity contribution in [3.8, 4) is 0 Å². The molecule has 3 aliphatic rings. The minimum Gasteiger partial charge on any atom is -0.372 e. The Morgan fingerprint density at radius 3 is 2.12 bits per heavy atom. The molecule has 0 bridgehead atoms. The number of sulfone groups is 1. The van der Waals surface area contributed by atoms with Gasteiger partial charge < -0.3 is 9.80 Å². The standard InChI is InChI=1S/C27H27F8N3O3S2/c1-37-15-22-24(43(40,41)19-5-3-18(28)4-6-19,10-11-38(22)23(39)16-8-12-42(36)13-9-16)20-7-2-17(14-21(20)37)25(29,26(30,31)32)27(33,34)35/h2-7,14,16,22,36H,8-13,15H2,1H3. The Morgan fingerprint density at radius 2 is 1.56 bits per heavy atom. The van der Waals surface area contributed by atoms with Crippen LogP contribution in [0.15, 0.2) is 47.4 Å². The Bertz CT molecular complexity index is 1540. The smallest absolute Gasteiger partial charge is 0.372 e. The summed E-state index contributed by atoms with van der Waals surface area (Å²) in [5.74, 6) is -0.554. The summed E-state index contributed by atoms with van der Waals surface area (Å²) in [5.41, 5.74) is -8.03. The van der Waals surface area contributed by atoms with Gasteiger partial charge in [-0.05, 0) is 55.2 Å². The summed E-state index contributed by atoms with van der Waals surface area (Å²) in [4.78, 5) is 16.0. The van der Waals surface area contributed by atoms with Crippen LogP contribution in [0.25, 0.3) is 0 Å². The topological polar surface area (TPSA) is 81.5 Å². The largest absolute Gasteiger partial charge is 0.435 e. The van der Waals surface area contributed by atoms with Crippen molar-refractivity contribution in [3.63, 3.8) is 0 Å². The fourth-order valence-corrected chi connectivity index (χ4v) is 10.2. The molecule has 43 heavy (non-hydrogen) atoms. The SMILES string of the molecule is CN1CC2N(C(=O)C3CCS(=N)CC3)CCC2(S(=O)(=O)c2ccc(F)cc2)c2ccc(C(F)(C(F)(F)F)C(F)(F)F)cc21. The first-order valence-electron chi connectivity index (χ1n) is 13.2. The summed E-state index contributed by atoms with van der Waals surface area (Å²) in [6.45, 7) is -0.379. The molecule has 236 valence electrons. The predicted molar refractivity (Wildman–Crippen MR) is 143 cm³/mol. The molecule has 2 unspecified atom stereocenters.